The molecule has 1 unspecified atom stereocenters. The molecule has 0 saturated carbocycles. The van der Waals surface area contributed by atoms with Crippen LogP contribution in [0.4, 0.5) is 13.2 Å². The average Bonchev–Trinajstić information content (AvgIpc) is 3.33. The van der Waals surface area contributed by atoms with E-state index >= 15 is 0 Å². The van der Waals surface area contributed by atoms with Gasteiger partial charge in [-0.15, -0.1) is 0 Å². The van der Waals surface area contributed by atoms with Crippen molar-refractivity contribution < 1.29 is 27.4 Å². The number of halogens is 3. The fraction of sp³-hybridized carbons (Fsp3) is 0.296. The van der Waals surface area contributed by atoms with E-state index in [9.17, 15) is 18.0 Å². The predicted molar refractivity (Wildman–Crippen MR) is 133 cm³/mol. The van der Waals surface area contributed by atoms with Gasteiger partial charge < -0.3 is 9.47 Å². The van der Waals surface area contributed by atoms with E-state index in [-0.39, 0.29) is 18.5 Å². The lowest BCUT2D eigenvalue weighted by atomic mass is 9.88. The number of aromatic nitrogens is 2. The number of nitrogens with zero attached hydrogens (tertiary/aromatic N) is 2. The molecular weight excluding hydrogens is 489 g/mol. The first-order valence-corrected chi connectivity index (χ1v) is 12.1. The van der Waals surface area contributed by atoms with Gasteiger partial charge in [0.2, 0.25) is 0 Å². The summed E-state index contributed by atoms with van der Waals surface area (Å²) in [6.07, 6.45) is -3.87. The van der Waals surface area contributed by atoms with Gasteiger partial charge in [0, 0.05) is 0 Å². The first kappa shape index (κ1) is 25.6. The smallest absolute Gasteiger partial charge is 0.416 e. The highest BCUT2D eigenvalue weighted by atomic mass is 32.1. The number of alkyl halides is 3. The minimum atomic E-state index is -4.42. The summed E-state index contributed by atoms with van der Waals surface area (Å²) in [5.41, 5.74) is 3.67. The molecule has 0 aliphatic rings. The van der Waals surface area contributed by atoms with Crippen LogP contribution >= 0.6 is 11.7 Å². The average molecular weight is 515 g/mol. The third kappa shape index (κ3) is 6.02. The highest BCUT2D eigenvalue weighted by Crippen LogP contribution is 2.35. The van der Waals surface area contributed by atoms with Gasteiger partial charge in [0.25, 0.3) is 0 Å². The second kappa shape index (κ2) is 10.7. The Balaban J connectivity index is 1.70. The minimum absolute atomic E-state index is 0.214. The molecule has 0 fully saturated rings. The van der Waals surface area contributed by atoms with Gasteiger partial charge in [-0.05, 0) is 71.0 Å². The minimum Gasteiger partial charge on any atom is -0.489 e. The Labute approximate surface area is 211 Å². The molecule has 0 aliphatic carbocycles. The molecule has 188 valence electrons. The van der Waals surface area contributed by atoms with E-state index in [0.717, 1.165) is 40.5 Å². The summed E-state index contributed by atoms with van der Waals surface area (Å²) in [5, 5.41) is 0. The van der Waals surface area contributed by atoms with Crippen molar-refractivity contribution in [2.45, 2.75) is 39.0 Å². The SMILES string of the molecule is COC(=O)C(CC(C)C)c1cc(OCc2ccc3nsnc3c2)cc(-c2ccc(C(F)(F)F)cc2)c1. The number of esters is 1. The second-order valence-corrected chi connectivity index (χ2v) is 9.48. The quantitative estimate of drug-likeness (QED) is 0.232. The first-order chi connectivity index (χ1) is 17.1. The van der Waals surface area contributed by atoms with Crippen molar-refractivity contribution in [2.75, 3.05) is 7.11 Å². The van der Waals surface area contributed by atoms with Gasteiger partial charge in [0.05, 0.1) is 30.3 Å². The molecule has 0 amide bonds. The Bertz CT molecular complexity index is 1350. The van der Waals surface area contributed by atoms with Crippen LogP contribution in [-0.2, 0) is 22.3 Å². The zero-order valence-corrected chi connectivity index (χ0v) is 20.8. The molecule has 36 heavy (non-hydrogen) atoms. The van der Waals surface area contributed by atoms with Crippen molar-refractivity contribution >= 4 is 28.7 Å². The molecule has 1 atom stereocenters. The van der Waals surface area contributed by atoms with E-state index in [1.165, 1.54) is 19.2 Å². The van der Waals surface area contributed by atoms with Gasteiger partial charge in [-0.3, -0.25) is 4.79 Å². The van der Waals surface area contributed by atoms with Gasteiger partial charge in [-0.1, -0.05) is 38.1 Å². The summed E-state index contributed by atoms with van der Waals surface area (Å²) >= 11 is 1.14. The van der Waals surface area contributed by atoms with Gasteiger partial charge >= 0.3 is 12.1 Å². The molecule has 4 aromatic rings. The molecular formula is C27H25F3N2O3S. The molecule has 3 aromatic carbocycles. The third-order valence-corrected chi connectivity index (χ3v) is 6.35. The molecule has 0 N–H and O–H groups in total. The van der Waals surface area contributed by atoms with Crippen LogP contribution in [0.25, 0.3) is 22.2 Å². The number of hydrogen-bond donors (Lipinski definition) is 0. The summed E-state index contributed by atoms with van der Waals surface area (Å²) in [6, 6.07) is 16.0. The van der Waals surface area contributed by atoms with Crippen LogP contribution in [0.1, 0.15) is 42.9 Å². The molecule has 0 saturated heterocycles. The third-order valence-electron chi connectivity index (χ3n) is 5.79. The summed E-state index contributed by atoms with van der Waals surface area (Å²) < 4.78 is 58.8. The largest absolute Gasteiger partial charge is 0.489 e. The van der Waals surface area contributed by atoms with Crippen molar-refractivity contribution in [1.29, 1.82) is 0 Å². The topological polar surface area (TPSA) is 61.3 Å². The Morgan fingerprint density at radius 3 is 2.33 bits per heavy atom. The molecule has 4 rings (SSSR count). The van der Waals surface area contributed by atoms with Crippen LogP contribution in [0.3, 0.4) is 0 Å². The number of hydrogen-bond acceptors (Lipinski definition) is 6. The normalized spacial score (nSPS) is 12.6. The van der Waals surface area contributed by atoms with Crippen molar-refractivity contribution in [3.63, 3.8) is 0 Å². The van der Waals surface area contributed by atoms with Crippen LogP contribution in [0.5, 0.6) is 5.75 Å². The Kier molecular flexibility index (Phi) is 7.59. The zero-order chi connectivity index (χ0) is 25.9. The Hall–Kier alpha value is -3.46. The van der Waals surface area contributed by atoms with E-state index in [4.69, 9.17) is 9.47 Å². The molecule has 5 nitrogen and oxygen atoms in total. The van der Waals surface area contributed by atoms with Gasteiger partial charge in [-0.2, -0.15) is 21.9 Å². The van der Waals surface area contributed by atoms with Crippen molar-refractivity contribution in [2.24, 2.45) is 5.92 Å². The van der Waals surface area contributed by atoms with Crippen molar-refractivity contribution in [3.8, 4) is 16.9 Å². The van der Waals surface area contributed by atoms with Gasteiger partial charge in [0.15, 0.2) is 0 Å². The number of rotatable bonds is 8. The second-order valence-electron chi connectivity index (χ2n) is 8.95. The number of ether oxygens (including phenoxy) is 2. The van der Waals surface area contributed by atoms with Crippen LogP contribution < -0.4 is 4.74 Å². The first-order valence-electron chi connectivity index (χ1n) is 11.4. The Morgan fingerprint density at radius 1 is 0.944 bits per heavy atom. The molecule has 1 aromatic heterocycles. The van der Waals surface area contributed by atoms with Crippen molar-refractivity contribution in [3.05, 3.63) is 77.4 Å². The maximum atomic E-state index is 13.1. The monoisotopic (exact) mass is 514 g/mol. The number of carbonyl (C=O) groups is 1. The van der Waals surface area contributed by atoms with Crippen LogP contribution in [0, 0.1) is 5.92 Å². The van der Waals surface area contributed by atoms with Crippen LogP contribution in [-0.4, -0.2) is 21.8 Å². The standard InChI is InChI=1S/C27H25F3N2O3S/c1-16(2)10-23(26(33)34-3)20-12-19(18-5-7-21(8-6-18)27(28,29)30)13-22(14-20)35-15-17-4-9-24-25(11-17)32-36-31-24/h4-9,11-14,16,23H,10,15H2,1-3H3. The van der Waals surface area contributed by atoms with E-state index < -0.39 is 17.7 Å². The summed E-state index contributed by atoms with van der Waals surface area (Å²) in [5.74, 6) is -0.201. The molecule has 0 radical (unpaired) electrons. The molecule has 0 bridgehead atoms. The fourth-order valence-electron chi connectivity index (χ4n) is 3.99. The highest BCUT2D eigenvalue weighted by molar-refractivity contribution is 7.00. The molecule has 1 heterocycles. The number of carbonyl (C=O) groups excluding carboxylic acids is 1. The summed E-state index contributed by atoms with van der Waals surface area (Å²) in [6.45, 7) is 4.27. The fourth-order valence-corrected chi connectivity index (χ4v) is 4.51. The van der Waals surface area contributed by atoms with Crippen LogP contribution in [0.15, 0.2) is 60.7 Å². The lowest BCUT2D eigenvalue weighted by molar-refractivity contribution is -0.143. The highest BCUT2D eigenvalue weighted by Gasteiger charge is 2.30. The van der Waals surface area contributed by atoms with Gasteiger partial charge in [-0.25, -0.2) is 0 Å². The van der Waals surface area contributed by atoms with Crippen molar-refractivity contribution in [1.82, 2.24) is 8.75 Å². The Morgan fingerprint density at radius 2 is 1.67 bits per heavy atom. The lowest BCUT2D eigenvalue weighted by Crippen LogP contribution is -2.16. The maximum Gasteiger partial charge on any atom is 0.416 e. The zero-order valence-electron chi connectivity index (χ0n) is 20.0. The molecule has 9 heteroatoms. The number of methoxy groups -OCH3 is 1. The maximum absolute atomic E-state index is 13.1. The van der Waals surface area contributed by atoms with E-state index in [0.29, 0.717) is 28.9 Å². The van der Waals surface area contributed by atoms with Gasteiger partial charge in [0.1, 0.15) is 23.4 Å². The van der Waals surface area contributed by atoms with Crippen LogP contribution in [0.2, 0.25) is 0 Å². The summed E-state index contributed by atoms with van der Waals surface area (Å²) in [7, 11) is 1.34. The number of benzene rings is 3. The molecule has 0 spiro atoms. The number of fused-ring (bicyclic) bond motifs is 1. The molecule has 0 aliphatic heterocycles. The lowest BCUT2D eigenvalue weighted by Gasteiger charge is -2.20. The summed E-state index contributed by atoms with van der Waals surface area (Å²) in [4.78, 5) is 12.6. The van der Waals surface area contributed by atoms with E-state index in [1.54, 1.807) is 12.1 Å². The van der Waals surface area contributed by atoms with E-state index in [2.05, 4.69) is 8.75 Å². The predicted octanol–water partition coefficient (Wildman–Crippen LogP) is 7.26. The van der Waals surface area contributed by atoms with E-state index in [1.807, 2.05) is 38.1 Å².